The second kappa shape index (κ2) is 6.46. The fourth-order valence-corrected chi connectivity index (χ4v) is 2.39. The number of hydrogen-bond acceptors (Lipinski definition) is 3. The van der Waals surface area contributed by atoms with Crippen LogP contribution in [0, 0.1) is 5.92 Å². The minimum absolute atomic E-state index is 0.677. The lowest BCUT2D eigenvalue weighted by molar-refractivity contribution is 0.193. The van der Waals surface area contributed by atoms with E-state index in [4.69, 9.17) is 0 Å². The molecule has 3 heteroatoms. The summed E-state index contributed by atoms with van der Waals surface area (Å²) in [6.45, 7) is 10.7. The summed E-state index contributed by atoms with van der Waals surface area (Å²) in [5.74, 6) is 0.781. The van der Waals surface area contributed by atoms with Crippen molar-refractivity contribution in [1.82, 2.24) is 15.1 Å². The van der Waals surface area contributed by atoms with Gasteiger partial charge in [-0.05, 0) is 39.5 Å². The maximum absolute atomic E-state index is 3.30. The van der Waals surface area contributed by atoms with E-state index in [1.165, 1.54) is 32.6 Å². The van der Waals surface area contributed by atoms with Crippen LogP contribution in [-0.4, -0.2) is 62.7 Å². The van der Waals surface area contributed by atoms with Crippen molar-refractivity contribution >= 4 is 0 Å². The van der Waals surface area contributed by atoms with E-state index in [1.54, 1.807) is 0 Å². The van der Waals surface area contributed by atoms with Gasteiger partial charge in [-0.25, -0.2) is 0 Å². The summed E-state index contributed by atoms with van der Waals surface area (Å²) in [4.78, 5) is 5.12. The molecule has 0 aliphatic carbocycles. The van der Waals surface area contributed by atoms with Gasteiger partial charge in [-0.1, -0.05) is 13.8 Å². The lowest BCUT2D eigenvalue weighted by atomic mass is 10.2. The molecule has 3 nitrogen and oxygen atoms in total. The molecule has 0 saturated carbocycles. The van der Waals surface area contributed by atoms with Crippen LogP contribution in [0.25, 0.3) is 0 Å². The largest absolute Gasteiger partial charge is 0.318 e. The lowest BCUT2D eigenvalue weighted by Gasteiger charge is -2.29. The highest BCUT2D eigenvalue weighted by Gasteiger charge is 2.21. The Morgan fingerprint density at radius 3 is 2.67 bits per heavy atom. The van der Waals surface area contributed by atoms with Crippen molar-refractivity contribution in [2.75, 3.05) is 46.8 Å². The highest BCUT2D eigenvalue weighted by atomic mass is 15.2. The van der Waals surface area contributed by atoms with E-state index in [1.807, 2.05) is 7.05 Å². The van der Waals surface area contributed by atoms with E-state index in [-0.39, 0.29) is 0 Å². The molecule has 15 heavy (non-hydrogen) atoms. The standard InChI is InChI=1S/C12H27N3/c1-11(2)9-15-7-5-6-14(4)12(10-15)8-13-3/h11-13H,5-10H2,1-4H3. The van der Waals surface area contributed by atoms with Crippen molar-refractivity contribution in [1.29, 1.82) is 0 Å². The predicted molar refractivity (Wildman–Crippen MR) is 66.2 cm³/mol. The highest BCUT2D eigenvalue weighted by Crippen LogP contribution is 2.09. The third kappa shape index (κ3) is 4.49. The summed E-state index contributed by atoms with van der Waals surface area (Å²) in [5.41, 5.74) is 0. The van der Waals surface area contributed by atoms with Crippen molar-refractivity contribution in [3.8, 4) is 0 Å². The van der Waals surface area contributed by atoms with Gasteiger partial charge in [0.25, 0.3) is 0 Å². The summed E-state index contributed by atoms with van der Waals surface area (Å²) < 4.78 is 0. The molecule has 1 rings (SSSR count). The Balaban J connectivity index is 2.47. The van der Waals surface area contributed by atoms with Crippen LogP contribution < -0.4 is 5.32 Å². The van der Waals surface area contributed by atoms with Gasteiger partial charge in [0.15, 0.2) is 0 Å². The van der Waals surface area contributed by atoms with Crippen LogP contribution >= 0.6 is 0 Å². The molecular weight excluding hydrogens is 186 g/mol. The third-order valence-corrected chi connectivity index (χ3v) is 3.14. The molecule has 90 valence electrons. The van der Waals surface area contributed by atoms with Gasteiger partial charge in [0.2, 0.25) is 0 Å². The average molecular weight is 213 g/mol. The lowest BCUT2D eigenvalue weighted by Crippen LogP contribution is -2.45. The first-order chi connectivity index (χ1) is 7.13. The Bertz CT molecular complexity index is 170. The average Bonchev–Trinajstić information content (AvgIpc) is 2.29. The molecule has 0 amide bonds. The summed E-state index contributed by atoms with van der Waals surface area (Å²) >= 11 is 0. The number of likely N-dealkylation sites (N-methyl/N-ethyl adjacent to an activating group) is 2. The molecule has 1 unspecified atom stereocenters. The van der Waals surface area contributed by atoms with Crippen LogP contribution in [-0.2, 0) is 0 Å². The van der Waals surface area contributed by atoms with Crippen LogP contribution in [0.15, 0.2) is 0 Å². The number of nitrogens with one attached hydrogen (secondary N) is 1. The number of rotatable bonds is 4. The molecule has 1 saturated heterocycles. The van der Waals surface area contributed by atoms with Gasteiger partial charge in [0.05, 0.1) is 0 Å². The zero-order valence-electron chi connectivity index (χ0n) is 10.8. The van der Waals surface area contributed by atoms with Crippen LogP contribution in [0.3, 0.4) is 0 Å². The predicted octanol–water partition coefficient (Wildman–Crippen LogP) is 0.868. The molecule has 0 spiro atoms. The zero-order chi connectivity index (χ0) is 11.3. The molecule has 0 aromatic rings. The van der Waals surface area contributed by atoms with E-state index in [0.717, 1.165) is 12.5 Å². The molecule has 1 fully saturated rings. The van der Waals surface area contributed by atoms with Gasteiger partial charge in [-0.3, -0.25) is 0 Å². The number of hydrogen-bond donors (Lipinski definition) is 1. The normalized spacial score (nSPS) is 25.8. The maximum atomic E-state index is 3.30. The molecule has 1 aliphatic heterocycles. The Labute approximate surface area is 94.8 Å². The van der Waals surface area contributed by atoms with Gasteiger partial charge in [0, 0.05) is 25.7 Å². The summed E-state index contributed by atoms with van der Waals surface area (Å²) in [5, 5.41) is 3.30. The quantitative estimate of drug-likeness (QED) is 0.747. The molecule has 1 atom stereocenters. The molecular formula is C12H27N3. The Hall–Kier alpha value is -0.120. The Morgan fingerprint density at radius 1 is 1.33 bits per heavy atom. The summed E-state index contributed by atoms with van der Waals surface area (Å²) in [7, 11) is 4.30. The summed E-state index contributed by atoms with van der Waals surface area (Å²) in [6.07, 6.45) is 1.31. The van der Waals surface area contributed by atoms with Gasteiger partial charge >= 0.3 is 0 Å². The zero-order valence-corrected chi connectivity index (χ0v) is 10.8. The van der Waals surface area contributed by atoms with Crippen LogP contribution in [0.5, 0.6) is 0 Å². The minimum Gasteiger partial charge on any atom is -0.318 e. The van der Waals surface area contributed by atoms with Crippen molar-refractivity contribution < 1.29 is 0 Å². The topological polar surface area (TPSA) is 18.5 Å². The molecule has 1 heterocycles. The highest BCUT2D eigenvalue weighted by molar-refractivity contribution is 4.79. The van der Waals surface area contributed by atoms with E-state index in [9.17, 15) is 0 Å². The van der Waals surface area contributed by atoms with Gasteiger partial charge in [-0.2, -0.15) is 0 Å². The molecule has 0 aromatic carbocycles. The third-order valence-electron chi connectivity index (χ3n) is 3.14. The second-order valence-corrected chi connectivity index (χ2v) is 5.20. The molecule has 1 N–H and O–H groups in total. The van der Waals surface area contributed by atoms with Crippen LogP contribution in [0.4, 0.5) is 0 Å². The van der Waals surface area contributed by atoms with E-state index < -0.39 is 0 Å². The van der Waals surface area contributed by atoms with E-state index in [0.29, 0.717) is 6.04 Å². The fourth-order valence-electron chi connectivity index (χ4n) is 2.39. The van der Waals surface area contributed by atoms with E-state index in [2.05, 4.69) is 36.0 Å². The van der Waals surface area contributed by atoms with Gasteiger partial charge in [-0.15, -0.1) is 0 Å². The Morgan fingerprint density at radius 2 is 2.07 bits per heavy atom. The summed E-state index contributed by atoms with van der Waals surface area (Å²) in [6, 6.07) is 0.677. The fraction of sp³-hybridized carbons (Fsp3) is 1.00. The molecule has 1 aliphatic rings. The maximum Gasteiger partial charge on any atom is 0.0344 e. The second-order valence-electron chi connectivity index (χ2n) is 5.20. The van der Waals surface area contributed by atoms with Gasteiger partial charge < -0.3 is 15.1 Å². The smallest absolute Gasteiger partial charge is 0.0344 e. The van der Waals surface area contributed by atoms with Crippen LogP contribution in [0.2, 0.25) is 0 Å². The van der Waals surface area contributed by atoms with Crippen molar-refractivity contribution in [3.05, 3.63) is 0 Å². The van der Waals surface area contributed by atoms with E-state index >= 15 is 0 Å². The van der Waals surface area contributed by atoms with Crippen LogP contribution in [0.1, 0.15) is 20.3 Å². The SMILES string of the molecule is CNCC1CN(CC(C)C)CCCN1C. The first-order valence-corrected chi connectivity index (χ1v) is 6.20. The molecule has 0 radical (unpaired) electrons. The van der Waals surface area contributed by atoms with Gasteiger partial charge in [0.1, 0.15) is 0 Å². The van der Waals surface area contributed by atoms with Crippen molar-refractivity contribution in [3.63, 3.8) is 0 Å². The first-order valence-electron chi connectivity index (χ1n) is 6.20. The Kier molecular flexibility index (Phi) is 5.58. The van der Waals surface area contributed by atoms with Crippen molar-refractivity contribution in [2.45, 2.75) is 26.3 Å². The minimum atomic E-state index is 0.677. The molecule has 0 bridgehead atoms. The first kappa shape index (κ1) is 12.9. The number of nitrogens with zero attached hydrogens (tertiary/aromatic N) is 2. The van der Waals surface area contributed by atoms with Crippen molar-refractivity contribution in [2.24, 2.45) is 5.92 Å². The molecule has 0 aromatic heterocycles. The monoisotopic (exact) mass is 213 g/mol.